The number of rotatable bonds is 3. The number of benzene rings is 1. The second kappa shape index (κ2) is 5.46. The molecule has 0 atom stereocenters. The minimum absolute atomic E-state index is 0.212. The highest BCUT2D eigenvalue weighted by atomic mass is 35.5. The lowest BCUT2D eigenvalue weighted by Crippen LogP contribution is -2.17. The highest BCUT2D eigenvalue weighted by molar-refractivity contribution is 6.29. The fraction of sp³-hybridized carbons (Fsp3) is 0.0833. The molecule has 106 valence electrons. The van der Waals surface area contributed by atoms with Gasteiger partial charge in [0.15, 0.2) is 5.82 Å². The van der Waals surface area contributed by atoms with E-state index in [9.17, 15) is 13.2 Å². The first kappa shape index (κ1) is 14.3. The van der Waals surface area contributed by atoms with Crippen molar-refractivity contribution in [1.29, 1.82) is 0 Å². The molecule has 1 heterocycles. The monoisotopic (exact) mass is 303 g/mol. The first-order chi connectivity index (χ1) is 9.33. The Labute approximate surface area is 117 Å². The van der Waals surface area contributed by atoms with Crippen molar-refractivity contribution in [3.05, 3.63) is 41.6 Å². The fourth-order valence-electron chi connectivity index (χ4n) is 1.45. The number of halogens is 4. The quantitative estimate of drug-likeness (QED) is 0.843. The molecule has 0 radical (unpaired) electrons. The second-order valence-electron chi connectivity index (χ2n) is 3.77. The summed E-state index contributed by atoms with van der Waals surface area (Å²) in [5.41, 5.74) is 6.34. The molecule has 1 aromatic heterocycles. The molecule has 0 amide bonds. The minimum Gasteiger partial charge on any atom is -0.406 e. The average Bonchev–Trinajstić information content (AvgIpc) is 2.32. The van der Waals surface area contributed by atoms with Gasteiger partial charge < -0.3 is 15.8 Å². The molecule has 0 aliphatic rings. The van der Waals surface area contributed by atoms with Gasteiger partial charge in [-0.15, -0.1) is 13.2 Å². The van der Waals surface area contributed by atoms with Gasteiger partial charge in [0.05, 0.1) is 5.69 Å². The Morgan fingerprint density at radius 2 is 1.95 bits per heavy atom. The molecule has 3 N–H and O–H groups in total. The van der Waals surface area contributed by atoms with E-state index in [1.807, 2.05) is 0 Å². The zero-order valence-electron chi connectivity index (χ0n) is 9.91. The van der Waals surface area contributed by atoms with Gasteiger partial charge in [0.2, 0.25) is 0 Å². The number of hydrogen-bond donors (Lipinski definition) is 2. The third-order valence-corrected chi connectivity index (χ3v) is 2.43. The Kier molecular flexibility index (Phi) is 3.89. The van der Waals surface area contributed by atoms with E-state index in [1.54, 1.807) is 6.07 Å². The molecule has 8 heteroatoms. The predicted molar refractivity (Wildman–Crippen MR) is 70.1 cm³/mol. The van der Waals surface area contributed by atoms with Crippen LogP contribution in [0.4, 0.5) is 30.4 Å². The van der Waals surface area contributed by atoms with Crippen LogP contribution in [0, 0.1) is 0 Å². The predicted octanol–water partition coefficient (Wildman–Crippen LogP) is 3.96. The maximum absolute atomic E-state index is 12.1. The molecule has 0 saturated carbocycles. The van der Waals surface area contributed by atoms with Crippen LogP contribution in [0.25, 0.3) is 0 Å². The molecule has 2 rings (SSSR count). The largest absolute Gasteiger partial charge is 0.573 e. The first-order valence-corrected chi connectivity index (χ1v) is 5.76. The van der Waals surface area contributed by atoms with Crippen molar-refractivity contribution in [3.8, 4) is 5.75 Å². The zero-order chi connectivity index (χ0) is 14.8. The van der Waals surface area contributed by atoms with Gasteiger partial charge in [-0.3, -0.25) is 0 Å². The smallest absolute Gasteiger partial charge is 0.406 e. The zero-order valence-corrected chi connectivity index (χ0v) is 10.7. The summed E-state index contributed by atoms with van der Waals surface area (Å²) < 4.78 is 40.2. The summed E-state index contributed by atoms with van der Waals surface area (Å²) in [7, 11) is 0. The average molecular weight is 304 g/mol. The Bertz CT molecular complexity index is 619. The van der Waals surface area contributed by atoms with Gasteiger partial charge in [0, 0.05) is 11.8 Å². The summed E-state index contributed by atoms with van der Waals surface area (Å²) in [6, 6.07) is 8.36. The molecular formula is C12H9ClF3N3O. The highest BCUT2D eigenvalue weighted by Crippen LogP contribution is 2.28. The molecule has 4 nitrogen and oxygen atoms in total. The first-order valence-electron chi connectivity index (χ1n) is 5.38. The number of alkyl halides is 3. The Morgan fingerprint density at radius 3 is 2.65 bits per heavy atom. The van der Waals surface area contributed by atoms with E-state index < -0.39 is 6.36 Å². The highest BCUT2D eigenvalue weighted by Gasteiger charge is 2.31. The van der Waals surface area contributed by atoms with Crippen LogP contribution in [0.5, 0.6) is 5.75 Å². The van der Waals surface area contributed by atoms with Gasteiger partial charge >= 0.3 is 6.36 Å². The second-order valence-corrected chi connectivity index (χ2v) is 4.16. The number of pyridine rings is 1. The molecule has 1 aromatic carbocycles. The molecule has 0 aliphatic heterocycles. The number of nitrogens with zero attached hydrogens (tertiary/aromatic N) is 1. The van der Waals surface area contributed by atoms with E-state index in [4.69, 9.17) is 17.3 Å². The van der Waals surface area contributed by atoms with Crippen LogP contribution in [0.3, 0.4) is 0 Å². The topological polar surface area (TPSA) is 60.2 Å². The van der Waals surface area contributed by atoms with Crippen molar-refractivity contribution >= 4 is 28.8 Å². The van der Waals surface area contributed by atoms with Crippen LogP contribution < -0.4 is 15.8 Å². The molecule has 0 spiro atoms. The SMILES string of the molecule is Nc1ccc(Cl)nc1Nc1cccc(OC(F)(F)F)c1. The third kappa shape index (κ3) is 3.92. The summed E-state index contributed by atoms with van der Waals surface area (Å²) in [6.07, 6.45) is -4.74. The van der Waals surface area contributed by atoms with Gasteiger partial charge in [-0.25, -0.2) is 4.98 Å². The maximum atomic E-state index is 12.1. The summed E-state index contributed by atoms with van der Waals surface area (Å²) in [4.78, 5) is 3.94. The van der Waals surface area contributed by atoms with E-state index in [1.165, 1.54) is 30.3 Å². The lowest BCUT2D eigenvalue weighted by Gasteiger charge is -2.12. The third-order valence-electron chi connectivity index (χ3n) is 2.22. The van der Waals surface area contributed by atoms with Gasteiger partial charge in [-0.05, 0) is 24.3 Å². The molecule has 0 saturated heterocycles. The van der Waals surface area contributed by atoms with Gasteiger partial charge in [-0.1, -0.05) is 17.7 Å². The standard InChI is InChI=1S/C12H9ClF3N3O/c13-10-5-4-9(17)11(19-10)18-7-2-1-3-8(6-7)20-12(14,15)16/h1-6H,17H2,(H,18,19). The summed E-state index contributed by atoms with van der Waals surface area (Å²) in [6.45, 7) is 0. The van der Waals surface area contributed by atoms with Crippen LogP contribution in [-0.2, 0) is 0 Å². The lowest BCUT2D eigenvalue weighted by molar-refractivity contribution is -0.274. The van der Waals surface area contributed by atoms with Gasteiger partial charge in [0.25, 0.3) is 0 Å². The Morgan fingerprint density at radius 1 is 1.20 bits per heavy atom. The fourth-order valence-corrected chi connectivity index (χ4v) is 1.60. The van der Waals surface area contributed by atoms with Crippen molar-refractivity contribution < 1.29 is 17.9 Å². The molecule has 20 heavy (non-hydrogen) atoms. The van der Waals surface area contributed by atoms with Crippen molar-refractivity contribution in [2.75, 3.05) is 11.1 Å². The van der Waals surface area contributed by atoms with E-state index in [0.29, 0.717) is 11.4 Å². The number of hydrogen-bond acceptors (Lipinski definition) is 4. The van der Waals surface area contributed by atoms with Crippen LogP contribution >= 0.6 is 11.6 Å². The molecular weight excluding hydrogens is 295 g/mol. The number of ether oxygens (including phenoxy) is 1. The van der Waals surface area contributed by atoms with Gasteiger partial charge in [0.1, 0.15) is 10.9 Å². The number of nitrogens with one attached hydrogen (secondary N) is 1. The lowest BCUT2D eigenvalue weighted by atomic mass is 10.3. The van der Waals surface area contributed by atoms with Crippen LogP contribution in [0.2, 0.25) is 5.15 Å². The Balaban J connectivity index is 2.21. The minimum atomic E-state index is -4.74. The maximum Gasteiger partial charge on any atom is 0.573 e. The number of nitrogen functional groups attached to an aromatic ring is 1. The molecule has 2 aromatic rings. The summed E-state index contributed by atoms with van der Waals surface area (Å²) in [5.74, 6) is -0.0928. The summed E-state index contributed by atoms with van der Waals surface area (Å²) in [5, 5.41) is 2.98. The molecule has 0 bridgehead atoms. The normalized spacial score (nSPS) is 11.2. The van der Waals surface area contributed by atoms with Crippen molar-refractivity contribution in [1.82, 2.24) is 4.98 Å². The van der Waals surface area contributed by atoms with Crippen molar-refractivity contribution in [2.24, 2.45) is 0 Å². The van der Waals surface area contributed by atoms with E-state index >= 15 is 0 Å². The Hall–Kier alpha value is -2.15. The summed E-state index contributed by atoms with van der Waals surface area (Å²) >= 11 is 5.72. The van der Waals surface area contributed by atoms with Crippen LogP contribution in [0.15, 0.2) is 36.4 Å². The molecule has 0 unspecified atom stereocenters. The van der Waals surface area contributed by atoms with E-state index in [2.05, 4.69) is 15.0 Å². The van der Waals surface area contributed by atoms with E-state index in [-0.39, 0.29) is 16.7 Å². The molecule has 0 aliphatic carbocycles. The van der Waals surface area contributed by atoms with Crippen molar-refractivity contribution in [3.63, 3.8) is 0 Å². The van der Waals surface area contributed by atoms with E-state index in [0.717, 1.165) is 0 Å². The molecule has 0 fully saturated rings. The van der Waals surface area contributed by atoms with Crippen molar-refractivity contribution in [2.45, 2.75) is 6.36 Å². The van der Waals surface area contributed by atoms with Crippen LogP contribution in [-0.4, -0.2) is 11.3 Å². The number of anilines is 3. The van der Waals surface area contributed by atoms with Crippen LogP contribution in [0.1, 0.15) is 0 Å². The van der Waals surface area contributed by atoms with Gasteiger partial charge in [-0.2, -0.15) is 0 Å². The number of nitrogens with two attached hydrogens (primary N) is 1. The number of aromatic nitrogens is 1.